The number of esters is 1. The predicted molar refractivity (Wildman–Crippen MR) is 95.6 cm³/mol. The summed E-state index contributed by atoms with van der Waals surface area (Å²) in [6, 6.07) is 9.63. The number of ether oxygens (including phenoxy) is 1. The lowest BCUT2D eigenvalue weighted by Crippen LogP contribution is -2.35. The number of nitrogens with zero attached hydrogens (tertiary/aromatic N) is 2. The largest absolute Gasteiger partial charge is 0.449 e. The molecule has 132 valence electrons. The van der Waals surface area contributed by atoms with Crippen molar-refractivity contribution in [2.45, 2.75) is 26.5 Å². The molecule has 7 heteroatoms. The summed E-state index contributed by atoms with van der Waals surface area (Å²) in [6.45, 7) is 7.41. The summed E-state index contributed by atoms with van der Waals surface area (Å²) in [7, 11) is 0. The zero-order chi connectivity index (χ0) is 18.4. The SMILES string of the molecule is C=CCNC(=O)[C@H](C)OC(=O)c1c(C)nn(Cc2ccccc2)c1Cl. The topological polar surface area (TPSA) is 73.2 Å². The normalized spacial score (nSPS) is 11.6. The smallest absolute Gasteiger partial charge is 0.343 e. The molecule has 0 saturated carbocycles. The predicted octanol–water partition coefficient (Wildman–Crippen LogP) is 2.74. The number of amides is 1. The molecule has 1 aromatic carbocycles. The molecule has 1 aromatic heterocycles. The Labute approximate surface area is 151 Å². The molecule has 2 aromatic rings. The van der Waals surface area contributed by atoms with Gasteiger partial charge in [0.25, 0.3) is 5.91 Å². The van der Waals surface area contributed by atoms with Crippen LogP contribution < -0.4 is 5.32 Å². The van der Waals surface area contributed by atoms with Gasteiger partial charge in [-0.05, 0) is 19.4 Å². The van der Waals surface area contributed by atoms with Crippen LogP contribution in [-0.2, 0) is 16.1 Å². The average Bonchev–Trinajstić information content (AvgIpc) is 2.87. The van der Waals surface area contributed by atoms with Gasteiger partial charge in [-0.2, -0.15) is 5.10 Å². The minimum Gasteiger partial charge on any atom is -0.449 e. The van der Waals surface area contributed by atoms with E-state index in [-0.39, 0.29) is 10.7 Å². The van der Waals surface area contributed by atoms with E-state index in [0.717, 1.165) is 5.56 Å². The van der Waals surface area contributed by atoms with Crippen LogP contribution in [0.4, 0.5) is 0 Å². The number of benzene rings is 1. The van der Waals surface area contributed by atoms with Crippen LogP contribution in [-0.4, -0.2) is 34.3 Å². The Bertz CT molecular complexity index is 771. The number of nitrogens with one attached hydrogen (secondary N) is 1. The third-order valence-electron chi connectivity index (χ3n) is 3.52. The maximum absolute atomic E-state index is 12.4. The van der Waals surface area contributed by atoms with Crippen molar-refractivity contribution < 1.29 is 14.3 Å². The van der Waals surface area contributed by atoms with Gasteiger partial charge >= 0.3 is 5.97 Å². The number of aromatic nitrogens is 2. The molecular weight excluding hydrogens is 342 g/mol. The van der Waals surface area contributed by atoms with Crippen molar-refractivity contribution in [3.8, 4) is 0 Å². The molecule has 1 amide bonds. The number of halogens is 1. The molecule has 0 bridgehead atoms. The van der Waals surface area contributed by atoms with Crippen molar-refractivity contribution in [1.29, 1.82) is 0 Å². The quantitative estimate of drug-likeness (QED) is 0.608. The summed E-state index contributed by atoms with van der Waals surface area (Å²) in [5.41, 5.74) is 1.62. The van der Waals surface area contributed by atoms with E-state index >= 15 is 0 Å². The van der Waals surface area contributed by atoms with Gasteiger partial charge in [-0.3, -0.25) is 4.79 Å². The third kappa shape index (κ3) is 4.70. The Morgan fingerprint density at radius 1 is 1.40 bits per heavy atom. The molecule has 2 rings (SSSR count). The van der Waals surface area contributed by atoms with E-state index in [0.29, 0.717) is 18.8 Å². The molecule has 1 N–H and O–H groups in total. The Kier molecular flexibility index (Phi) is 6.36. The zero-order valence-electron chi connectivity index (χ0n) is 14.2. The molecule has 1 atom stereocenters. The molecule has 0 spiro atoms. The molecule has 25 heavy (non-hydrogen) atoms. The minimum atomic E-state index is -0.944. The molecule has 0 unspecified atom stereocenters. The first-order valence-corrected chi connectivity index (χ1v) is 8.18. The second-order valence-electron chi connectivity index (χ2n) is 5.48. The summed E-state index contributed by atoms with van der Waals surface area (Å²) in [6.07, 6.45) is 0.599. The summed E-state index contributed by atoms with van der Waals surface area (Å²) < 4.78 is 6.73. The van der Waals surface area contributed by atoms with Crippen LogP contribution >= 0.6 is 11.6 Å². The Hall–Kier alpha value is -2.60. The maximum atomic E-state index is 12.4. The van der Waals surface area contributed by atoms with E-state index in [4.69, 9.17) is 16.3 Å². The second kappa shape index (κ2) is 8.48. The van der Waals surface area contributed by atoms with Crippen LogP contribution in [0.25, 0.3) is 0 Å². The highest BCUT2D eigenvalue weighted by atomic mass is 35.5. The van der Waals surface area contributed by atoms with Crippen LogP contribution in [0.15, 0.2) is 43.0 Å². The summed E-state index contributed by atoms with van der Waals surface area (Å²) in [5, 5.41) is 7.05. The molecular formula is C18H20ClN3O3. The van der Waals surface area contributed by atoms with Crippen molar-refractivity contribution in [1.82, 2.24) is 15.1 Å². The highest BCUT2D eigenvalue weighted by Gasteiger charge is 2.25. The maximum Gasteiger partial charge on any atom is 0.343 e. The van der Waals surface area contributed by atoms with Crippen LogP contribution in [0.2, 0.25) is 5.15 Å². The van der Waals surface area contributed by atoms with Crippen LogP contribution in [0.1, 0.15) is 28.5 Å². The van der Waals surface area contributed by atoms with Gasteiger partial charge in [0.2, 0.25) is 0 Å². The van der Waals surface area contributed by atoms with E-state index in [1.807, 2.05) is 30.3 Å². The lowest BCUT2D eigenvalue weighted by molar-refractivity contribution is -0.128. The van der Waals surface area contributed by atoms with Gasteiger partial charge in [0, 0.05) is 6.54 Å². The van der Waals surface area contributed by atoms with Gasteiger partial charge in [-0.25, -0.2) is 9.48 Å². The molecule has 0 radical (unpaired) electrons. The third-order valence-corrected chi connectivity index (χ3v) is 3.90. The summed E-state index contributed by atoms with van der Waals surface area (Å²) in [4.78, 5) is 24.2. The van der Waals surface area contributed by atoms with E-state index < -0.39 is 18.0 Å². The van der Waals surface area contributed by atoms with E-state index in [1.165, 1.54) is 11.6 Å². The second-order valence-corrected chi connectivity index (χ2v) is 5.83. The minimum absolute atomic E-state index is 0.168. The van der Waals surface area contributed by atoms with Crippen molar-refractivity contribution in [2.24, 2.45) is 0 Å². The van der Waals surface area contributed by atoms with Gasteiger partial charge < -0.3 is 10.1 Å². The monoisotopic (exact) mass is 361 g/mol. The van der Waals surface area contributed by atoms with Gasteiger partial charge in [0.05, 0.1) is 12.2 Å². The molecule has 0 aliphatic carbocycles. The van der Waals surface area contributed by atoms with Crippen molar-refractivity contribution in [3.63, 3.8) is 0 Å². The number of carbonyl (C=O) groups excluding carboxylic acids is 2. The first-order chi connectivity index (χ1) is 11.9. The molecule has 0 aliphatic heterocycles. The van der Waals surface area contributed by atoms with Crippen molar-refractivity contribution >= 4 is 23.5 Å². The average molecular weight is 362 g/mol. The lowest BCUT2D eigenvalue weighted by Gasteiger charge is -2.12. The first-order valence-electron chi connectivity index (χ1n) is 7.80. The van der Waals surface area contributed by atoms with E-state index in [9.17, 15) is 9.59 Å². The van der Waals surface area contributed by atoms with Gasteiger partial charge in [0.15, 0.2) is 6.10 Å². The molecule has 0 saturated heterocycles. The Morgan fingerprint density at radius 2 is 2.08 bits per heavy atom. The van der Waals surface area contributed by atoms with Crippen LogP contribution in [0.5, 0.6) is 0 Å². The fourth-order valence-corrected chi connectivity index (χ4v) is 2.55. The molecule has 0 fully saturated rings. The van der Waals surface area contributed by atoms with Gasteiger partial charge in [-0.15, -0.1) is 6.58 Å². The van der Waals surface area contributed by atoms with Crippen molar-refractivity contribution in [3.05, 3.63) is 65.0 Å². The molecule has 0 aliphatic rings. The number of aryl methyl sites for hydroxylation is 1. The molecule has 1 heterocycles. The highest BCUT2D eigenvalue weighted by Crippen LogP contribution is 2.22. The van der Waals surface area contributed by atoms with Gasteiger partial charge in [-0.1, -0.05) is 48.0 Å². The van der Waals surface area contributed by atoms with E-state index in [1.54, 1.807) is 13.0 Å². The fourth-order valence-electron chi connectivity index (χ4n) is 2.24. The summed E-state index contributed by atoms with van der Waals surface area (Å²) >= 11 is 6.31. The highest BCUT2D eigenvalue weighted by molar-refractivity contribution is 6.32. The lowest BCUT2D eigenvalue weighted by atomic mass is 10.2. The van der Waals surface area contributed by atoms with Crippen molar-refractivity contribution in [2.75, 3.05) is 6.54 Å². The number of carbonyl (C=O) groups is 2. The molecule has 6 nitrogen and oxygen atoms in total. The standard InChI is InChI=1S/C18H20ClN3O3/c1-4-10-20-17(23)13(3)25-18(24)15-12(2)21-22(16(15)19)11-14-8-6-5-7-9-14/h4-9,13H,1,10-11H2,2-3H3,(H,20,23)/t13-/m0/s1. The Balaban J connectivity index is 2.12. The Morgan fingerprint density at radius 3 is 2.72 bits per heavy atom. The number of hydrogen-bond acceptors (Lipinski definition) is 4. The first kappa shape index (κ1) is 18.7. The fraction of sp³-hybridized carbons (Fsp3) is 0.278. The number of rotatable bonds is 7. The zero-order valence-corrected chi connectivity index (χ0v) is 14.9. The van der Waals surface area contributed by atoms with Gasteiger partial charge in [0.1, 0.15) is 10.7 Å². The van der Waals surface area contributed by atoms with Crippen LogP contribution in [0.3, 0.4) is 0 Å². The number of hydrogen-bond donors (Lipinski definition) is 1. The summed E-state index contributed by atoms with van der Waals surface area (Å²) in [5.74, 6) is -1.08. The van der Waals surface area contributed by atoms with Crippen LogP contribution in [0, 0.1) is 6.92 Å². The van der Waals surface area contributed by atoms with E-state index in [2.05, 4.69) is 17.0 Å².